The molecule has 5 heterocycles. The third-order valence-electron chi connectivity index (χ3n) is 16.7. The van der Waals surface area contributed by atoms with Gasteiger partial charge in [-0.1, -0.05) is 49.7 Å². The number of hydrogen-bond donors (Lipinski definition) is 13. The standard InChI is InChI=1S/C67H76F2N14O13S2/c1-2-5-49-61(90)74-31-58(86)77-50(22-39-28-72-47-15-11-41(68)24-45(39)47)62(91)78-51(23-40-29-73-48-16-12-42(69)25-46(40)48)63(92)80-53(27-59(87)88)65(94)79-52(26-43-30-71-35-75-43)64(93)81-54(21-36-9-13-44(84)14-10-36)67(96)83-18-4-8-56(83)66(95)82-55(60(70)89)34-98-33-38-7-3-6-37(20-38)32-97-19-17-57(85)76-49/h3,6-7,9-16,20,24-25,28-30,35,43,49-56,72-73,84H,2,4-5,8,17-19,21-23,26-27,31-34H2,1H3,(H2,70,89)(H,74,90)(H,76,85)(H,77,86)(H,78,91)(H,79,94)(H,80,92)(H,81,93)(H,82,95)(H,87,88)/t43?,49-,50-,51-,52-,53-,54-,55-,56-/m0/s1. The van der Waals surface area contributed by atoms with Crippen LogP contribution < -0.4 is 48.3 Å². The lowest BCUT2D eigenvalue weighted by atomic mass is 10.0. The number of carbonyl (C=O) groups is 11. The van der Waals surface area contributed by atoms with Gasteiger partial charge in [-0.3, -0.25) is 57.7 Å². The van der Waals surface area contributed by atoms with Crippen molar-refractivity contribution in [1.82, 2.24) is 57.4 Å². The first-order valence-corrected chi connectivity index (χ1v) is 34.2. The summed E-state index contributed by atoms with van der Waals surface area (Å²) >= 11 is 2.80. The predicted molar refractivity (Wildman–Crippen MR) is 362 cm³/mol. The Bertz CT molecular complexity index is 4010. The van der Waals surface area contributed by atoms with Gasteiger partial charge in [0.25, 0.3) is 0 Å². The Labute approximate surface area is 569 Å². The number of aromatic hydroxyl groups is 1. The van der Waals surface area contributed by atoms with Crippen molar-refractivity contribution in [2.45, 2.75) is 137 Å². The lowest BCUT2D eigenvalue weighted by molar-refractivity contribution is -0.143. The number of benzene rings is 4. The average Bonchev–Trinajstić information content (AvgIpc) is 1.62. The Morgan fingerprint density at radius 1 is 0.653 bits per heavy atom. The van der Waals surface area contributed by atoms with Crippen molar-refractivity contribution >= 4 is 123 Å². The topological polar surface area (TPSA) is 410 Å². The number of carboxylic acids is 1. The fourth-order valence-electron chi connectivity index (χ4n) is 11.7. The Kier molecular flexibility index (Phi) is 25.1. The monoisotopic (exact) mass is 1390 g/mol. The van der Waals surface area contributed by atoms with E-state index >= 15 is 4.79 Å². The van der Waals surface area contributed by atoms with Crippen molar-refractivity contribution in [1.29, 1.82) is 0 Å². The number of phenolic OH excluding ortho intramolecular Hbond substituents is 1. The number of aromatic amines is 2. The highest BCUT2D eigenvalue weighted by Gasteiger charge is 2.41. The first-order chi connectivity index (χ1) is 47.1. The Morgan fingerprint density at radius 2 is 1.24 bits per heavy atom. The van der Waals surface area contributed by atoms with Crippen LogP contribution in [0.1, 0.15) is 79.7 Å². The largest absolute Gasteiger partial charge is 0.508 e. The summed E-state index contributed by atoms with van der Waals surface area (Å²) in [5.41, 5.74) is 9.54. The molecule has 2 aromatic heterocycles. The summed E-state index contributed by atoms with van der Waals surface area (Å²) < 4.78 is 29.7. The molecule has 2 bridgehead atoms. The van der Waals surface area contributed by atoms with Gasteiger partial charge in [-0.15, -0.1) is 0 Å². The molecule has 3 aliphatic heterocycles. The maximum atomic E-state index is 15.0. The number of carbonyl (C=O) groups excluding carboxylic acids is 10. The highest BCUT2D eigenvalue weighted by atomic mass is 32.2. The molecule has 31 heteroatoms. The van der Waals surface area contributed by atoms with E-state index in [4.69, 9.17) is 5.73 Å². The third kappa shape index (κ3) is 20.0. The first-order valence-electron chi connectivity index (χ1n) is 31.8. The fraction of sp³-hybridized carbons (Fsp3) is 0.388. The highest BCUT2D eigenvalue weighted by molar-refractivity contribution is 7.98. The number of H-pyrrole nitrogens is 2. The molecule has 518 valence electrons. The minimum absolute atomic E-state index is 0.0309. The van der Waals surface area contributed by atoms with Gasteiger partial charge in [-0.25, -0.2) is 13.8 Å². The van der Waals surface area contributed by atoms with Gasteiger partial charge < -0.3 is 73.3 Å². The number of phenols is 1. The van der Waals surface area contributed by atoms with E-state index in [0.717, 1.165) is 11.1 Å². The summed E-state index contributed by atoms with van der Waals surface area (Å²) in [6.07, 6.45) is 4.11. The molecule has 1 saturated heterocycles. The Morgan fingerprint density at radius 3 is 1.87 bits per heavy atom. The number of nitrogens with zero attached hydrogens (tertiary/aromatic N) is 3. The van der Waals surface area contributed by atoms with Crippen LogP contribution in [0.15, 0.2) is 107 Å². The number of amides is 10. The molecule has 0 saturated carbocycles. The van der Waals surface area contributed by atoms with Crippen LogP contribution in [0.2, 0.25) is 0 Å². The van der Waals surface area contributed by atoms with Gasteiger partial charge in [0.2, 0.25) is 59.1 Å². The number of thioether (sulfide) groups is 2. The number of halogens is 2. The SMILES string of the molecule is CCC[C@@H]1NC(=O)CCSCc2cccc(c2)CSC[C@@H](C(N)=O)NC(=O)[C@@H]2CCCN2C(=O)[C@H](Cc2ccc(O)cc2)NC(=O)[C@H](CC2C=NC=N2)NC(=O)[C@H](CC(=O)O)NC(=O)[C@H](Cc2c[nH]c3ccc(F)cc23)NC(=O)[C@H](Cc2c[nH]c3ccc(F)cc23)NC(=O)CNC1=O. The molecule has 27 nitrogen and oxygen atoms in total. The summed E-state index contributed by atoms with van der Waals surface area (Å²) in [6.45, 7) is 1.12. The number of aromatic nitrogens is 2. The molecule has 1 fully saturated rings. The Balaban J connectivity index is 1.04. The summed E-state index contributed by atoms with van der Waals surface area (Å²) in [5.74, 6) is -10.5. The molecule has 0 radical (unpaired) electrons. The van der Waals surface area contributed by atoms with Crippen molar-refractivity contribution in [2.24, 2.45) is 15.7 Å². The zero-order chi connectivity index (χ0) is 70.0. The number of rotatable bonds is 13. The zero-order valence-corrected chi connectivity index (χ0v) is 54.9. The van der Waals surface area contributed by atoms with Crippen LogP contribution in [0.3, 0.4) is 0 Å². The molecular formula is C67H76F2N14O13S2. The molecular weight excluding hydrogens is 1310 g/mol. The van der Waals surface area contributed by atoms with Crippen LogP contribution in [0.25, 0.3) is 21.8 Å². The van der Waals surface area contributed by atoms with Gasteiger partial charge >= 0.3 is 5.97 Å². The smallest absolute Gasteiger partial charge is 0.305 e. The lowest BCUT2D eigenvalue weighted by Gasteiger charge is -2.31. The minimum Gasteiger partial charge on any atom is -0.508 e. The van der Waals surface area contributed by atoms with E-state index in [1.807, 2.05) is 24.3 Å². The van der Waals surface area contributed by atoms with E-state index in [0.29, 0.717) is 57.6 Å². The zero-order valence-electron chi connectivity index (χ0n) is 53.3. The summed E-state index contributed by atoms with van der Waals surface area (Å²) in [5, 5.41) is 41.9. The lowest BCUT2D eigenvalue weighted by Crippen LogP contribution is -2.61. The van der Waals surface area contributed by atoms with E-state index in [1.54, 1.807) is 6.92 Å². The number of carboxylic acid groups (broad SMARTS) is 1. The van der Waals surface area contributed by atoms with Crippen molar-refractivity contribution in [3.05, 3.63) is 137 Å². The van der Waals surface area contributed by atoms with Crippen LogP contribution in [-0.4, -0.2) is 182 Å². The Hall–Kier alpha value is -10.2. The van der Waals surface area contributed by atoms with Crippen molar-refractivity contribution in [2.75, 3.05) is 24.6 Å². The number of hydrogen-bond acceptors (Lipinski definition) is 16. The van der Waals surface area contributed by atoms with Crippen LogP contribution in [0.5, 0.6) is 5.75 Å². The van der Waals surface area contributed by atoms with E-state index in [2.05, 4.69) is 62.5 Å². The second-order valence-corrected chi connectivity index (χ2v) is 26.2. The molecule has 1 unspecified atom stereocenters. The first kappa shape index (κ1) is 72.1. The number of nitrogens with one attached hydrogen (secondary N) is 10. The van der Waals surface area contributed by atoms with E-state index in [9.17, 15) is 66.9 Å². The quantitative estimate of drug-likeness (QED) is 0.0790. The molecule has 6 aromatic rings. The van der Waals surface area contributed by atoms with E-state index < -0.39 is 150 Å². The fourth-order valence-corrected chi connectivity index (χ4v) is 13.6. The number of aliphatic imine (C=N–C) groups is 2. The molecule has 0 spiro atoms. The minimum atomic E-state index is -2.04. The van der Waals surface area contributed by atoms with Gasteiger partial charge in [0.05, 0.1) is 19.0 Å². The molecule has 3 aliphatic rings. The highest BCUT2D eigenvalue weighted by Crippen LogP contribution is 2.26. The summed E-state index contributed by atoms with van der Waals surface area (Å²) in [6, 6.07) is 8.13. The van der Waals surface area contributed by atoms with Crippen LogP contribution in [-0.2, 0) is 83.5 Å². The summed E-state index contributed by atoms with van der Waals surface area (Å²) in [7, 11) is 0. The van der Waals surface area contributed by atoms with Crippen LogP contribution >= 0.6 is 23.5 Å². The van der Waals surface area contributed by atoms with Gasteiger partial charge in [0, 0.05) is 102 Å². The third-order valence-corrected chi connectivity index (χ3v) is 18.9. The van der Waals surface area contributed by atoms with Crippen LogP contribution in [0, 0.1) is 11.6 Å². The second kappa shape index (κ2) is 34.2. The number of aliphatic carboxylic acids is 1. The summed E-state index contributed by atoms with van der Waals surface area (Å²) in [4.78, 5) is 171. The van der Waals surface area contributed by atoms with Crippen molar-refractivity contribution in [3.63, 3.8) is 0 Å². The number of nitrogens with two attached hydrogens (primary N) is 1. The molecule has 9 atom stereocenters. The van der Waals surface area contributed by atoms with Crippen molar-refractivity contribution < 1.29 is 71.7 Å². The maximum Gasteiger partial charge on any atom is 0.305 e. The second-order valence-electron chi connectivity index (χ2n) is 24.0. The molecule has 0 aliphatic carbocycles. The van der Waals surface area contributed by atoms with Gasteiger partial charge in [0.15, 0.2) is 0 Å². The molecule has 10 amide bonds. The number of fused-ring (bicyclic) bond motifs is 5. The molecule has 98 heavy (non-hydrogen) atoms. The normalized spacial score (nSPS) is 23.5. The van der Waals surface area contributed by atoms with Gasteiger partial charge in [-0.2, -0.15) is 23.5 Å². The van der Waals surface area contributed by atoms with E-state index in [-0.39, 0.29) is 67.5 Å². The maximum absolute atomic E-state index is 15.0. The molecule has 14 N–H and O–H groups in total. The number of primary amides is 1. The predicted octanol–water partition coefficient (Wildman–Crippen LogP) is 2.36. The molecule has 9 rings (SSSR count). The molecule has 4 aromatic carbocycles. The van der Waals surface area contributed by atoms with Crippen LogP contribution in [0.4, 0.5) is 8.78 Å². The van der Waals surface area contributed by atoms with E-state index in [1.165, 1.54) is 114 Å². The van der Waals surface area contributed by atoms with Crippen molar-refractivity contribution in [3.8, 4) is 5.75 Å². The van der Waals surface area contributed by atoms with Gasteiger partial charge in [-0.05, 0) is 95.6 Å². The van der Waals surface area contributed by atoms with Gasteiger partial charge in [0.1, 0.15) is 72.1 Å². The average molecular weight is 1390 g/mol.